The molecule has 3 aliphatic heterocycles. The van der Waals surface area contributed by atoms with Gasteiger partial charge in [-0.1, -0.05) is 12.1 Å². The van der Waals surface area contributed by atoms with Crippen molar-refractivity contribution in [1.82, 2.24) is 20.4 Å². The smallest absolute Gasteiger partial charge is 0.235 e. The number of rotatable bonds is 2. The van der Waals surface area contributed by atoms with E-state index in [0.717, 1.165) is 42.8 Å². The monoisotopic (exact) mass is 395 g/mol. The molecule has 0 aliphatic carbocycles. The number of nitrogens with one attached hydrogen (secondary N) is 2. The maximum atomic E-state index is 12.4. The molecule has 3 fully saturated rings. The third-order valence-electron chi connectivity index (χ3n) is 7.17. The second-order valence-corrected chi connectivity index (χ2v) is 8.95. The van der Waals surface area contributed by atoms with E-state index in [1.807, 2.05) is 11.7 Å². The van der Waals surface area contributed by atoms with Crippen LogP contribution in [0.2, 0.25) is 0 Å². The number of hydrogen-bond donors (Lipinski definition) is 2. The lowest BCUT2D eigenvalue weighted by molar-refractivity contribution is -0.134. The van der Waals surface area contributed by atoms with Gasteiger partial charge in [-0.05, 0) is 50.1 Å². The van der Waals surface area contributed by atoms with Crippen molar-refractivity contribution in [1.29, 1.82) is 0 Å². The molecular weight excluding hydrogens is 366 g/mol. The van der Waals surface area contributed by atoms with Crippen LogP contribution < -0.4 is 15.5 Å². The zero-order valence-corrected chi connectivity index (χ0v) is 17.0. The Labute approximate surface area is 170 Å². The second-order valence-electron chi connectivity index (χ2n) is 8.95. The molecule has 2 amide bonds. The molecule has 3 aliphatic rings. The molecular formula is C22H29N5O2. The molecule has 0 bridgehead atoms. The standard InChI is InChI=1S/C22H29N5O2/c1-26-20-15(19(25-26)16-6-7-18(28)24-21(16)29)4-2-5-17(20)27-12-9-22(10-13-27)8-3-11-23-14-22/h2,4-5,16,23H,3,6-14H2,1H3,(H,24,28,29). The molecule has 1 aromatic carbocycles. The minimum Gasteiger partial charge on any atom is -0.370 e. The van der Waals surface area contributed by atoms with Gasteiger partial charge < -0.3 is 10.2 Å². The number of anilines is 1. The highest BCUT2D eigenvalue weighted by Crippen LogP contribution is 2.41. The van der Waals surface area contributed by atoms with E-state index in [1.54, 1.807) is 0 Å². The fraction of sp³-hybridized carbons (Fsp3) is 0.591. The van der Waals surface area contributed by atoms with Crippen LogP contribution in [0, 0.1) is 5.41 Å². The van der Waals surface area contributed by atoms with Crippen molar-refractivity contribution in [3.63, 3.8) is 0 Å². The molecule has 1 aromatic heterocycles. The Kier molecular flexibility index (Phi) is 4.57. The molecule has 29 heavy (non-hydrogen) atoms. The average Bonchev–Trinajstić information content (AvgIpc) is 3.06. The summed E-state index contributed by atoms with van der Waals surface area (Å²) in [6.45, 7) is 4.42. The van der Waals surface area contributed by atoms with Crippen molar-refractivity contribution in [2.75, 3.05) is 31.1 Å². The first-order valence-electron chi connectivity index (χ1n) is 10.8. The number of carbonyl (C=O) groups is 2. The lowest BCUT2D eigenvalue weighted by atomic mass is 9.73. The van der Waals surface area contributed by atoms with Gasteiger partial charge in [-0.15, -0.1) is 0 Å². The van der Waals surface area contributed by atoms with E-state index >= 15 is 0 Å². The van der Waals surface area contributed by atoms with Crippen LogP contribution >= 0.6 is 0 Å². The Morgan fingerprint density at radius 1 is 1.17 bits per heavy atom. The fourth-order valence-electron chi connectivity index (χ4n) is 5.49. The van der Waals surface area contributed by atoms with Crippen molar-refractivity contribution < 1.29 is 9.59 Å². The van der Waals surface area contributed by atoms with Crippen LogP contribution in [0.3, 0.4) is 0 Å². The maximum absolute atomic E-state index is 12.4. The van der Waals surface area contributed by atoms with Gasteiger partial charge in [0.2, 0.25) is 11.8 Å². The normalized spacial score (nSPS) is 24.9. The fourth-order valence-corrected chi connectivity index (χ4v) is 5.49. The lowest BCUT2D eigenvalue weighted by Gasteiger charge is -2.45. The summed E-state index contributed by atoms with van der Waals surface area (Å²) in [6, 6.07) is 6.30. The molecule has 0 saturated carbocycles. The molecule has 7 nitrogen and oxygen atoms in total. The first kappa shape index (κ1) is 18.6. The van der Waals surface area contributed by atoms with Gasteiger partial charge in [-0.2, -0.15) is 5.10 Å². The van der Waals surface area contributed by atoms with E-state index in [1.165, 1.54) is 31.4 Å². The van der Waals surface area contributed by atoms with Crippen LogP contribution in [-0.4, -0.2) is 47.8 Å². The van der Waals surface area contributed by atoms with Crippen LogP contribution in [-0.2, 0) is 16.6 Å². The number of imide groups is 1. The molecule has 5 rings (SSSR count). The zero-order chi connectivity index (χ0) is 20.0. The maximum Gasteiger partial charge on any atom is 0.235 e. The van der Waals surface area contributed by atoms with Gasteiger partial charge in [-0.3, -0.25) is 19.6 Å². The summed E-state index contributed by atoms with van der Waals surface area (Å²) >= 11 is 0. The average molecular weight is 396 g/mol. The first-order chi connectivity index (χ1) is 14.1. The summed E-state index contributed by atoms with van der Waals surface area (Å²) in [4.78, 5) is 26.4. The third kappa shape index (κ3) is 3.21. The van der Waals surface area contributed by atoms with E-state index < -0.39 is 0 Å². The van der Waals surface area contributed by atoms with Crippen molar-refractivity contribution in [3.8, 4) is 0 Å². The topological polar surface area (TPSA) is 79.3 Å². The quantitative estimate of drug-likeness (QED) is 0.761. The minimum atomic E-state index is -0.357. The van der Waals surface area contributed by atoms with Crippen molar-refractivity contribution in [2.24, 2.45) is 12.5 Å². The van der Waals surface area contributed by atoms with Crippen LogP contribution in [0.5, 0.6) is 0 Å². The molecule has 3 saturated heterocycles. The van der Waals surface area contributed by atoms with Gasteiger partial charge in [0.15, 0.2) is 0 Å². The number of carbonyl (C=O) groups excluding carboxylic acids is 2. The van der Waals surface area contributed by atoms with Crippen LogP contribution in [0.15, 0.2) is 18.2 Å². The highest BCUT2D eigenvalue weighted by Gasteiger charge is 2.37. The number of hydrogen-bond acceptors (Lipinski definition) is 5. The van der Waals surface area contributed by atoms with Gasteiger partial charge in [-0.25, -0.2) is 0 Å². The molecule has 154 valence electrons. The van der Waals surface area contributed by atoms with Gasteiger partial charge in [0.1, 0.15) is 0 Å². The lowest BCUT2D eigenvalue weighted by Crippen LogP contribution is -2.48. The summed E-state index contributed by atoms with van der Waals surface area (Å²) < 4.78 is 1.91. The van der Waals surface area contributed by atoms with Crippen molar-refractivity contribution >= 4 is 28.4 Å². The molecule has 7 heteroatoms. The summed E-state index contributed by atoms with van der Waals surface area (Å²) in [6.07, 6.45) is 5.95. The number of benzene rings is 1. The summed E-state index contributed by atoms with van der Waals surface area (Å²) in [5.74, 6) is -0.771. The highest BCUT2D eigenvalue weighted by atomic mass is 16.2. The number of aryl methyl sites for hydroxylation is 1. The number of para-hydroxylation sites is 1. The molecule has 0 radical (unpaired) electrons. The zero-order valence-electron chi connectivity index (χ0n) is 17.0. The van der Waals surface area contributed by atoms with Crippen LogP contribution in [0.25, 0.3) is 10.9 Å². The van der Waals surface area contributed by atoms with Gasteiger partial charge >= 0.3 is 0 Å². The number of amides is 2. The van der Waals surface area contributed by atoms with E-state index in [4.69, 9.17) is 5.10 Å². The van der Waals surface area contributed by atoms with Gasteiger partial charge in [0.05, 0.1) is 22.8 Å². The summed E-state index contributed by atoms with van der Waals surface area (Å²) in [7, 11) is 1.96. The Morgan fingerprint density at radius 3 is 2.72 bits per heavy atom. The van der Waals surface area contributed by atoms with Gasteiger partial charge in [0, 0.05) is 38.5 Å². The predicted molar refractivity (Wildman–Crippen MR) is 112 cm³/mol. The number of aromatic nitrogens is 2. The Bertz CT molecular complexity index is 950. The Hall–Kier alpha value is -2.41. The van der Waals surface area contributed by atoms with Crippen molar-refractivity contribution in [3.05, 3.63) is 23.9 Å². The van der Waals surface area contributed by atoms with E-state index in [2.05, 4.69) is 33.7 Å². The third-order valence-corrected chi connectivity index (χ3v) is 7.17. The Morgan fingerprint density at radius 2 is 2.00 bits per heavy atom. The van der Waals surface area contributed by atoms with Crippen molar-refractivity contribution in [2.45, 2.75) is 44.4 Å². The summed E-state index contributed by atoms with van der Waals surface area (Å²) in [5.41, 5.74) is 3.55. The molecule has 1 atom stereocenters. The number of fused-ring (bicyclic) bond motifs is 1. The summed E-state index contributed by atoms with van der Waals surface area (Å²) in [5, 5.41) is 11.8. The Balaban J connectivity index is 1.45. The molecule has 4 heterocycles. The highest BCUT2D eigenvalue weighted by molar-refractivity contribution is 6.03. The first-order valence-corrected chi connectivity index (χ1v) is 10.8. The van der Waals surface area contributed by atoms with E-state index in [-0.39, 0.29) is 17.7 Å². The van der Waals surface area contributed by atoms with Crippen LogP contribution in [0.1, 0.15) is 50.1 Å². The molecule has 2 N–H and O–H groups in total. The largest absolute Gasteiger partial charge is 0.370 e. The van der Waals surface area contributed by atoms with E-state index in [9.17, 15) is 9.59 Å². The number of nitrogens with zero attached hydrogens (tertiary/aromatic N) is 3. The van der Waals surface area contributed by atoms with E-state index in [0.29, 0.717) is 18.3 Å². The molecule has 2 aromatic rings. The second kappa shape index (κ2) is 7.13. The SMILES string of the molecule is Cn1nc(C2CCC(=O)NC2=O)c2cccc(N3CCC4(CCCNC4)CC3)c21. The molecule has 1 unspecified atom stereocenters. The minimum absolute atomic E-state index is 0.188. The predicted octanol–water partition coefficient (Wildman–Crippen LogP) is 2.06. The molecule has 1 spiro atoms. The number of piperidine rings is 3. The van der Waals surface area contributed by atoms with Gasteiger partial charge in [0.25, 0.3) is 0 Å². The van der Waals surface area contributed by atoms with Crippen LogP contribution in [0.4, 0.5) is 5.69 Å².